The third-order valence-corrected chi connectivity index (χ3v) is 2.98. The van der Waals surface area contributed by atoms with Gasteiger partial charge in [-0.1, -0.05) is 12.1 Å². The van der Waals surface area contributed by atoms with E-state index in [2.05, 4.69) is 57.7 Å². The highest BCUT2D eigenvalue weighted by molar-refractivity contribution is 14.1. The Balaban J connectivity index is 1.99. The molecule has 0 aromatic carbocycles. The molecule has 2 aromatic rings. The Kier molecular flexibility index (Phi) is 3.88. The number of nitrogens with zero attached hydrogens (tertiary/aromatic N) is 2. The van der Waals surface area contributed by atoms with Gasteiger partial charge in [-0.25, -0.2) is 4.98 Å². The normalized spacial score (nSPS) is 10.4. The highest BCUT2D eigenvalue weighted by atomic mass is 127. The lowest BCUT2D eigenvalue weighted by Crippen LogP contribution is -1.97. The molecule has 0 aliphatic heterocycles. The first-order valence-electron chi connectivity index (χ1n) is 5.27. The number of aryl methyl sites for hydroxylation is 3. The van der Waals surface area contributed by atoms with E-state index in [0.717, 1.165) is 27.9 Å². The highest BCUT2D eigenvalue weighted by Gasteiger charge is 1.98. The summed E-state index contributed by atoms with van der Waals surface area (Å²) in [5.74, 6) is 0. The summed E-state index contributed by atoms with van der Waals surface area (Å²) in [7, 11) is 0. The SMILES string of the molecule is Cc1ccc(CCc2cccc(I)n2)nc1. The maximum absolute atomic E-state index is 4.46. The standard InChI is InChI=1S/C13H13IN2/c1-10-5-6-11(15-9-10)7-8-12-3-2-4-13(14)16-12/h2-6,9H,7-8H2,1H3. The van der Waals surface area contributed by atoms with E-state index in [0.29, 0.717) is 0 Å². The Hall–Kier alpha value is -0.970. The summed E-state index contributed by atoms with van der Waals surface area (Å²) in [5, 5.41) is 0. The van der Waals surface area contributed by atoms with Crippen LogP contribution in [0.25, 0.3) is 0 Å². The topological polar surface area (TPSA) is 25.8 Å². The molecule has 0 unspecified atom stereocenters. The lowest BCUT2D eigenvalue weighted by Gasteiger charge is -2.01. The summed E-state index contributed by atoms with van der Waals surface area (Å²) in [6.07, 6.45) is 3.82. The van der Waals surface area contributed by atoms with Gasteiger partial charge in [-0.15, -0.1) is 0 Å². The summed E-state index contributed by atoms with van der Waals surface area (Å²) in [6, 6.07) is 10.3. The van der Waals surface area contributed by atoms with Gasteiger partial charge < -0.3 is 0 Å². The van der Waals surface area contributed by atoms with Crippen molar-refractivity contribution in [3.05, 3.63) is 57.2 Å². The van der Waals surface area contributed by atoms with E-state index >= 15 is 0 Å². The van der Waals surface area contributed by atoms with Gasteiger partial charge in [0, 0.05) is 17.6 Å². The van der Waals surface area contributed by atoms with Gasteiger partial charge in [0.25, 0.3) is 0 Å². The lowest BCUT2D eigenvalue weighted by atomic mass is 10.1. The molecule has 0 radical (unpaired) electrons. The first kappa shape index (κ1) is 11.5. The summed E-state index contributed by atoms with van der Waals surface area (Å²) >= 11 is 2.24. The molecule has 0 atom stereocenters. The van der Waals surface area contributed by atoms with Crippen molar-refractivity contribution in [3.63, 3.8) is 0 Å². The van der Waals surface area contributed by atoms with E-state index in [1.54, 1.807) is 0 Å². The molecule has 0 fully saturated rings. The molecule has 2 heterocycles. The zero-order valence-electron chi connectivity index (χ0n) is 9.15. The van der Waals surface area contributed by atoms with Gasteiger partial charge in [-0.05, 0) is 66.1 Å². The molecule has 0 saturated carbocycles. The van der Waals surface area contributed by atoms with Crippen molar-refractivity contribution >= 4 is 22.6 Å². The summed E-state index contributed by atoms with van der Waals surface area (Å²) < 4.78 is 1.05. The molecular formula is C13H13IN2. The molecule has 0 spiro atoms. The molecule has 0 aliphatic carbocycles. The van der Waals surface area contributed by atoms with Crippen LogP contribution < -0.4 is 0 Å². The zero-order chi connectivity index (χ0) is 11.4. The minimum Gasteiger partial charge on any atom is -0.261 e. The fourth-order valence-electron chi connectivity index (χ4n) is 1.49. The summed E-state index contributed by atoms with van der Waals surface area (Å²) in [5.41, 5.74) is 3.47. The molecule has 16 heavy (non-hydrogen) atoms. The van der Waals surface area contributed by atoms with Crippen LogP contribution in [0.2, 0.25) is 0 Å². The molecular weight excluding hydrogens is 311 g/mol. The van der Waals surface area contributed by atoms with Crippen LogP contribution in [0.3, 0.4) is 0 Å². The second-order valence-corrected chi connectivity index (χ2v) is 4.88. The maximum Gasteiger partial charge on any atom is 0.101 e. The molecule has 0 aliphatic rings. The van der Waals surface area contributed by atoms with Crippen LogP contribution in [0.15, 0.2) is 36.5 Å². The number of hydrogen-bond donors (Lipinski definition) is 0. The molecule has 2 nitrogen and oxygen atoms in total. The predicted octanol–water partition coefficient (Wildman–Crippen LogP) is 3.17. The Bertz CT molecular complexity index is 466. The Morgan fingerprint density at radius 1 is 1.06 bits per heavy atom. The minimum atomic E-state index is 0.951. The van der Waals surface area contributed by atoms with Gasteiger partial charge in [-0.3, -0.25) is 4.98 Å². The van der Waals surface area contributed by atoms with Crippen molar-refractivity contribution < 1.29 is 0 Å². The quantitative estimate of drug-likeness (QED) is 0.640. The average Bonchev–Trinajstić information content (AvgIpc) is 2.28. The first-order chi connectivity index (χ1) is 7.74. The van der Waals surface area contributed by atoms with Crippen molar-refractivity contribution in [2.45, 2.75) is 19.8 Å². The van der Waals surface area contributed by atoms with E-state index < -0.39 is 0 Å². The molecule has 0 N–H and O–H groups in total. The van der Waals surface area contributed by atoms with Gasteiger partial charge in [-0.2, -0.15) is 0 Å². The lowest BCUT2D eigenvalue weighted by molar-refractivity contribution is 0.874. The van der Waals surface area contributed by atoms with E-state index in [-0.39, 0.29) is 0 Å². The van der Waals surface area contributed by atoms with Gasteiger partial charge in [0.1, 0.15) is 3.70 Å². The maximum atomic E-state index is 4.46. The van der Waals surface area contributed by atoms with Crippen LogP contribution in [0.5, 0.6) is 0 Å². The summed E-state index contributed by atoms with van der Waals surface area (Å²) in [6.45, 7) is 2.05. The number of aromatic nitrogens is 2. The number of pyridine rings is 2. The number of hydrogen-bond acceptors (Lipinski definition) is 2. The van der Waals surface area contributed by atoms with Crippen molar-refractivity contribution in [3.8, 4) is 0 Å². The molecule has 2 aromatic heterocycles. The minimum absolute atomic E-state index is 0.951. The highest BCUT2D eigenvalue weighted by Crippen LogP contribution is 2.06. The monoisotopic (exact) mass is 324 g/mol. The Morgan fingerprint density at radius 2 is 1.88 bits per heavy atom. The molecule has 2 rings (SSSR count). The van der Waals surface area contributed by atoms with Crippen molar-refractivity contribution in [1.82, 2.24) is 9.97 Å². The predicted molar refractivity (Wildman–Crippen MR) is 73.3 cm³/mol. The van der Waals surface area contributed by atoms with Crippen molar-refractivity contribution in [2.75, 3.05) is 0 Å². The molecule has 3 heteroatoms. The van der Waals surface area contributed by atoms with Crippen molar-refractivity contribution in [2.24, 2.45) is 0 Å². The van der Waals surface area contributed by atoms with Gasteiger partial charge in [0.2, 0.25) is 0 Å². The third-order valence-electron chi connectivity index (χ3n) is 2.38. The fraction of sp³-hybridized carbons (Fsp3) is 0.231. The second-order valence-electron chi connectivity index (χ2n) is 3.78. The smallest absolute Gasteiger partial charge is 0.101 e. The van der Waals surface area contributed by atoms with E-state index in [1.165, 1.54) is 5.56 Å². The van der Waals surface area contributed by atoms with E-state index in [4.69, 9.17) is 0 Å². The van der Waals surface area contributed by atoms with Gasteiger partial charge in [0.05, 0.1) is 0 Å². The zero-order valence-corrected chi connectivity index (χ0v) is 11.3. The Morgan fingerprint density at radius 3 is 2.56 bits per heavy atom. The average molecular weight is 324 g/mol. The first-order valence-corrected chi connectivity index (χ1v) is 6.35. The van der Waals surface area contributed by atoms with Crippen LogP contribution in [0, 0.1) is 10.6 Å². The number of rotatable bonds is 3. The molecule has 82 valence electrons. The molecule has 0 bridgehead atoms. The number of halogens is 1. The van der Waals surface area contributed by atoms with Gasteiger partial charge in [0.15, 0.2) is 0 Å². The van der Waals surface area contributed by atoms with Crippen LogP contribution in [-0.2, 0) is 12.8 Å². The summed E-state index contributed by atoms with van der Waals surface area (Å²) in [4.78, 5) is 8.85. The van der Waals surface area contributed by atoms with E-state index in [9.17, 15) is 0 Å². The van der Waals surface area contributed by atoms with Crippen LogP contribution in [-0.4, -0.2) is 9.97 Å². The van der Waals surface area contributed by atoms with Crippen molar-refractivity contribution in [1.29, 1.82) is 0 Å². The van der Waals surface area contributed by atoms with Crippen LogP contribution in [0.1, 0.15) is 17.0 Å². The molecule has 0 amide bonds. The Labute approximate surface area is 109 Å². The largest absolute Gasteiger partial charge is 0.261 e. The van der Waals surface area contributed by atoms with Crippen LogP contribution in [0.4, 0.5) is 0 Å². The van der Waals surface area contributed by atoms with E-state index in [1.807, 2.05) is 18.3 Å². The third kappa shape index (κ3) is 3.27. The molecule has 0 saturated heterocycles. The second kappa shape index (κ2) is 5.39. The fourth-order valence-corrected chi connectivity index (χ4v) is 2.01. The van der Waals surface area contributed by atoms with Crippen LogP contribution >= 0.6 is 22.6 Å². The van der Waals surface area contributed by atoms with Gasteiger partial charge >= 0.3 is 0 Å².